The minimum absolute atomic E-state index is 0.141. The quantitative estimate of drug-likeness (QED) is 0.379. The van der Waals surface area contributed by atoms with Crippen molar-refractivity contribution in [3.63, 3.8) is 0 Å². The van der Waals surface area contributed by atoms with E-state index in [9.17, 15) is 8.78 Å². The summed E-state index contributed by atoms with van der Waals surface area (Å²) in [7, 11) is 0. The van der Waals surface area contributed by atoms with E-state index in [4.69, 9.17) is 4.98 Å². The zero-order valence-electron chi connectivity index (χ0n) is 20.5. The topological polar surface area (TPSA) is 76.5 Å². The lowest BCUT2D eigenvalue weighted by Crippen LogP contribution is -2.38. The Balaban J connectivity index is 1.36. The zero-order valence-corrected chi connectivity index (χ0v) is 20.5. The minimum atomic E-state index is -0.645. The number of nitrogens with zero attached hydrogens (tertiary/aromatic N) is 5. The number of pyridine rings is 1. The van der Waals surface area contributed by atoms with Crippen molar-refractivity contribution >= 4 is 5.82 Å². The number of anilines is 1. The van der Waals surface area contributed by atoms with Gasteiger partial charge in [-0.15, -0.1) is 5.10 Å². The van der Waals surface area contributed by atoms with Gasteiger partial charge in [-0.3, -0.25) is 0 Å². The van der Waals surface area contributed by atoms with Crippen molar-refractivity contribution in [2.45, 2.75) is 44.4 Å². The molecule has 8 heteroatoms. The maximum atomic E-state index is 14.5. The lowest BCUT2D eigenvalue weighted by atomic mass is 9.66. The fraction of sp³-hybridized carbons (Fsp3) is 0.276. The predicted molar refractivity (Wildman–Crippen MR) is 136 cm³/mol. The summed E-state index contributed by atoms with van der Waals surface area (Å²) in [4.78, 5) is 14.2. The summed E-state index contributed by atoms with van der Waals surface area (Å²) in [5.41, 5.74) is 4.92. The number of fused-ring (bicyclic) bond motifs is 6. The Bertz CT molecular complexity index is 1610. The summed E-state index contributed by atoms with van der Waals surface area (Å²) in [6.45, 7) is 8.45. The first-order valence-electron chi connectivity index (χ1n) is 12.4. The molecule has 1 saturated carbocycles. The van der Waals surface area contributed by atoms with Crippen molar-refractivity contribution in [1.82, 2.24) is 25.1 Å². The number of nitrogens with one attached hydrogen (secondary N) is 1. The molecule has 3 aromatic heterocycles. The molecule has 7 rings (SSSR count). The molecule has 0 amide bonds. The predicted octanol–water partition coefficient (Wildman–Crippen LogP) is 5.96. The number of hydrogen-bond acceptors (Lipinski definition) is 6. The Morgan fingerprint density at radius 3 is 2.68 bits per heavy atom. The van der Waals surface area contributed by atoms with E-state index < -0.39 is 17.0 Å². The number of allylic oxidation sites excluding steroid dienone is 1. The largest absolute Gasteiger partial charge is 0.344 e. The summed E-state index contributed by atoms with van der Waals surface area (Å²) in [5, 5.41) is 12.1. The van der Waals surface area contributed by atoms with Crippen LogP contribution in [0.2, 0.25) is 0 Å². The van der Waals surface area contributed by atoms with Gasteiger partial charge in [0.05, 0.1) is 28.1 Å². The van der Waals surface area contributed by atoms with Gasteiger partial charge in [-0.25, -0.2) is 23.7 Å². The van der Waals surface area contributed by atoms with E-state index in [1.54, 1.807) is 12.4 Å². The summed E-state index contributed by atoms with van der Waals surface area (Å²) in [6, 6.07) is 9.68. The van der Waals surface area contributed by atoms with Crippen molar-refractivity contribution in [2.24, 2.45) is 5.41 Å². The highest BCUT2D eigenvalue weighted by Crippen LogP contribution is 2.69. The van der Waals surface area contributed by atoms with Crippen LogP contribution >= 0.6 is 0 Å². The third-order valence-corrected chi connectivity index (χ3v) is 8.62. The van der Waals surface area contributed by atoms with Gasteiger partial charge in [-0.05, 0) is 60.1 Å². The van der Waals surface area contributed by atoms with Gasteiger partial charge in [0.25, 0.3) is 0 Å². The fourth-order valence-corrected chi connectivity index (χ4v) is 6.81. The van der Waals surface area contributed by atoms with Gasteiger partial charge in [-0.2, -0.15) is 5.10 Å². The van der Waals surface area contributed by atoms with Crippen LogP contribution in [0.15, 0.2) is 61.1 Å². The SMILES string of the molecule is C=C1Cc2cc(-c3nccc([C@@]45CC[C@@H](c6cc(-c7c(F)cccc7F)nnc64)C5(C)C)n3)cnc2N1. The van der Waals surface area contributed by atoms with Crippen LogP contribution in [0.3, 0.4) is 0 Å². The molecular weight excluding hydrogens is 470 g/mol. The van der Waals surface area contributed by atoms with Crippen LogP contribution in [0.4, 0.5) is 14.6 Å². The first kappa shape index (κ1) is 22.2. The molecule has 2 aliphatic carbocycles. The van der Waals surface area contributed by atoms with E-state index in [1.165, 1.54) is 18.2 Å². The molecule has 2 bridgehead atoms. The van der Waals surface area contributed by atoms with Crippen LogP contribution in [0.5, 0.6) is 0 Å². The molecule has 1 fully saturated rings. The number of hydrogen-bond donors (Lipinski definition) is 1. The van der Waals surface area contributed by atoms with E-state index in [1.807, 2.05) is 12.1 Å². The van der Waals surface area contributed by atoms with Crippen LogP contribution < -0.4 is 5.32 Å². The van der Waals surface area contributed by atoms with E-state index in [0.717, 1.165) is 58.9 Å². The first-order chi connectivity index (χ1) is 17.8. The van der Waals surface area contributed by atoms with Crippen molar-refractivity contribution in [1.29, 1.82) is 0 Å². The summed E-state index contributed by atoms with van der Waals surface area (Å²) < 4.78 is 29.1. The van der Waals surface area contributed by atoms with Gasteiger partial charge < -0.3 is 5.32 Å². The smallest absolute Gasteiger partial charge is 0.160 e. The highest BCUT2D eigenvalue weighted by Gasteiger charge is 2.65. The summed E-state index contributed by atoms with van der Waals surface area (Å²) >= 11 is 0. The Labute approximate surface area is 212 Å². The summed E-state index contributed by atoms with van der Waals surface area (Å²) in [5.74, 6) is 0.307. The molecular formula is C29H24F2N6. The molecule has 4 aromatic rings. The van der Waals surface area contributed by atoms with Gasteiger partial charge in [0, 0.05) is 35.6 Å². The molecule has 0 spiro atoms. The average Bonchev–Trinajstić information content (AvgIpc) is 3.45. The van der Waals surface area contributed by atoms with Crippen molar-refractivity contribution in [2.75, 3.05) is 5.32 Å². The molecule has 37 heavy (non-hydrogen) atoms. The van der Waals surface area contributed by atoms with E-state index in [-0.39, 0.29) is 22.6 Å². The van der Waals surface area contributed by atoms with Crippen LogP contribution in [0.1, 0.15) is 55.1 Å². The third-order valence-electron chi connectivity index (χ3n) is 8.62. The third kappa shape index (κ3) is 2.92. The lowest BCUT2D eigenvalue weighted by Gasteiger charge is -2.37. The highest BCUT2D eigenvalue weighted by atomic mass is 19.1. The molecule has 2 atom stereocenters. The number of benzene rings is 1. The van der Waals surface area contributed by atoms with Gasteiger partial charge in [0.1, 0.15) is 17.5 Å². The standard InChI is InChI=1S/C29H24F2N6/c1-15-11-16-12-17(14-33-26(16)34-15)27-32-10-8-23(35-27)29-9-7-19(28(29,2)3)18-13-22(36-37-25(18)29)24-20(30)5-4-6-21(24)31/h4-6,8,10,12-14,19H,1,7,9,11H2,2-3H3,(H,33,34)/t19-,29-/m0/s1. The van der Waals surface area contributed by atoms with Crippen molar-refractivity contribution in [3.8, 4) is 22.6 Å². The molecule has 0 unspecified atom stereocenters. The zero-order chi connectivity index (χ0) is 25.5. The van der Waals surface area contributed by atoms with Crippen molar-refractivity contribution in [3.05, 3.63) is 95.2 Å². The molecule has 0 radical (unpaired) electrons. The molecule has 1 aliphatic heterocycles. The second-order valence-electron chi connectivity index (χ2n) is 10.8. The van der Waals surface area contributed by atoms with Crippen LogP contribution in [-0.2, 0) is 11.8 Å². The van der Waals surface area contributed by atoms with Crippen molar-refractivity contribution < 1.29 is 8.78 Å². The van der Waals surface area contributed by atoms with Gasteiger partial charge >= 0.3 is 0 Å². The second-order valence-corrected chi connectivity index (χ2v) is 10.8. The molecule has 6 nitrogen and oxygen atoms in total. The highest BCUT2D eigenvalue weighted by molar-refractivity contribution is 5.66. The Morgan fingerprint density at radius 2 is 1.86 bits per heavy atom. The van der Waals surface area contributed by atoms with Gasteiger partial charge in [-0.1, -0.05) is 26.5 Å². The number of aromatic nitrogens is 5. The molecule has 1 N–H and O–H groups in total. The molecule has 4 heterocycles. The van der Waals surface area contributed by atoms with Gasteiger partial charge in [0.2, 0.25) is 0 Å². The van der Waals surface area contributed by atoms with Crippen LogP contribution in [0, 0.1) is 17.0 Å². The fourth-order valence-electron chi connectivity index (χ4n) is 6.81. The summed E-state index contributed by atoms with van der Waals surface area (Å²) in [6.07, 6.45) is 6.08. The second kappa shape index (κ2) is 7.47. The van der Waals surface area contributed by atoms with Crippen LogP contribution in [0.25, 0.3) is 22.6 Å². The van der Waals surface area contributed by atoms with Crippen LogP contribution in [-0.4, -0.2) is 25.1 Å². The Morgan fingerprint density at radius 1 is 1.05 bits per heavy atom. The maximum Gasteiger partial charge on any atom is 0.160 e. The number of rotatable bonds is 3. The van der Waals surface area contributed by atoms with E-state index in [2.05, 4.69) is 52.0 Å². The monoisotopic (exact) mass is 494 g/mol. The Kier molecular flexibility index (Phi) is 4.47. The molecule has 1 aromatic carbocycles. The normalized spacial score (nSPS) is 22.6. The van der Waals surface area contributed by atoms with Gasteiger partial charge in [0.15, 0.2) is 5.82 Å². The first-order valence-corrected chi connectivity index (χ1v) is 12.4. The van der Waals surface area contributed by atoms with E-state index >= 15 is 0 Å². The maximum absolute atomic E-state index is 14.5. The molecule has 3 aliphatic rings. The van der Waals surface area contributed by atoms with E-state index in [0.29, 0.717) is 5.82 Å². The number of halogens is 2. The lowest BCUT2D eigenvalue weighted by molar-refractivity contribution is 0.243. The molecule has 184 valence electrons. The molecule has 0 saturated heterocycles. The Hall–Kier alpha value is -4.07. The average molecular weight is 495 g/mol. The minimum Gasteiger partial charge on any atom is -0.344 e.